The van der Waals surface area contributed by atoms with Crippen LogP contribution in [0, 0.1) is 0 Å². The first kappa shape index (κ1) is 17.0. The Balaban J connectivity index is 2.13. The summed E-state index contributed by atoms with van der Waals surface area (Å²) in [5, 5.41) is 4.56. The Hall–Kier alpha value is -0.380. The lowest BCUT2D eigenvalue weighted by atomic mass is 9.96. The van der Waals surface area contributed by atoms with E-state index >= 15 is 0 Å². The monoisotopic (exact) mass is 327 g/mol. The molecule has 1 aromatic rings. The zero-order chi connectivity index (χ0) is 15.1. The second-order valence-corrected chi connectivity index (χ2v) is 7.95. The fourth-order valence-electron chi connectivity index (χ4n) is 3.01. The van der Waals surface area contributed by atoms with E-state index in [4.69, 9.17) is 11.6 Å². The largest absolute Gasteiger partial charge is 0.313 e. The van der Waals surface area contributed by atoms with Crippen LogP contribution in [0.4, 0.5) is 0 Å². The Morgan fingerprint density at radius 2 is 1.81 bits per heavy atom. The normalized spacial score (nSPS) is 25.0. The van der Waals surface area contributed by atoms with Gasteiger partial charge in [-0.05, 0) is 50.1 Å². The van der Waals surface area contributed by atoms with Crippen LogP contribution in [0.25, 0.3) is 0 Å². The van der Waals surface area contributed by atoms with Crippen LogP contribution in [0.1, 0.15) is 51.9 Å². The van der Waals surface area contributed by atoms with Gasteiger partial charge in [-0.15, -0.1) is 0 Å². The first-order valence-electron chi connectivity index (χ1n) is 8.12. The molecule has 1 aliphatic rings. The molecule has 0 heterocycles. The second kappa shape index (κ2) is 8.92. The van der Waals surface area contributed by atoms with Crippen molar-refractivity contribution in [2.24, 2.45) is 0 Å². The van der Waals surface area contributed by atoms with E-state index in [2.05, 4.69) is 12.2 Å². The van der Waals surface area contributed by atoms with E-state index in [0.717, 1.165) is 30.7 Å². The molecule has 0 amide bonds. The molecule has 0 saturated heterocycles. The van der Waals surface area contributed by atoms with Crippen LogP contribution in [0.2, 0.25) is 5.02 Å². The van der Waals surface area contributed by atoms with E-state index < -0.39 is 10.8 Å². The van der Waals surface area contributed by atoms with Crippen molar-refractivity contribution < 1.29 is 4.21 Å². The maximum atomic E-state index is 13.0. The Morgan fingerprint density at radius 1 is 1.14 bits per heavy atom. The van der Waals surface area contributed by atoms with Crippen molar-refractivity contribution in [2.45, 2.75) is 68.1 Å². The van der Waals surface area contributed by atoms with Crippen LogP contribution in [0.3, 0.4) is 0 Å². The molecule has 1 saturated carbocycles. The van der Waals surface area contributed by atoms with Gasteiger partial charge in [0.1, 0.15) is 0 Å². The van der Waals surface area contributed by atoms with Crippen molar-refractivity contribution in [1.82, 2.24) is 5.32 Å². The van der Waals surface area contributed by atoms with Crippen molar-refractivity contribution in [3.8, 4) is 0 Å². The summed E-state index contributed by atoms with van der Waals surface area (Å²) in [4.78, 5) is 0.910. The van der Waals surface area contributed by atoms with Crippen molar-refractivity contribution in [3.05, 3.63) is 29.3 Å². The third kappa shape index (κ3) is 5.08. The smallest absolute Gasteiger partial charge is 0.0576 e. The summed E-state index contributed by atoms with van der Waals surface area (Å²) in [7, 11) is -0.952. The van der Waals surface area contributed by atoms with Crippen molar-refractivity contribution in [1.29, 1.82) is 0 Å². The highest BCUT2D eigenvalue weighted by Crippen LogP contribution is 2.26. The van der Waals surface area contributed by atoms with Gasteiger partial charge in [0.05, 0.1) is 16.0 Å². The van der Waals surface area contributed by atoms with Crippen LogP contribution in [-0.4, -0.2) is 22.0 Å². The van der Waals surface area contributed by atoms with Crippen LogP contribution >= 0.6 is 11.6 Å². The van der Waals surface area contributed by atoms with E-state index in [-0.39, 0.29) is 5.25 Å². The van der Waals surface area contributed by atoms with Crippen LogP contribution < -0.4 is 5.32 Å². The van der Waals surface area contributed by atoms with Gasteiger partial charge in [-0.25, -0.2) is 0 Å². The Bertz CT molecular complexity index is 447. The number of halogens is 1. The highest BCUT2D eigenvalue weighted by molar-refractivity contribution is 7.85. The van der Waals surface area contributed by atoms with Gasteiger partial charge >= 0.3 is 0 Å². The van der Waals surface area contributed by atoms with E-state index in [9.17, 15) is 4.21 Å². The Kier molecular flexibility index (Phi) is 7.21. The van der Waals surface area contributed by atoms with Crippen molar-refractivity contribution in [3.63, 3.8) is 0 Å². The van der Waals surface area contributed by atoms with Crippen LogP contribution in [0.15, 0.2) is 29.2 Å². The molecule has 3 unspecified atom stereocenters. The number of nitrogens with one attached hydrogen (secondary N) is 1. The zero-order valence-electron chi connectivity index (χ0n) is 12.8. The maximum absolute atomic E-state index is 13.0. The molecule has 0 radical (unpaired) electrons. The summed E-state index contributed by atoms with van der Waals surface area (Å²) < 4.78 is 13.0. The first-order valence-corrected chi connectivity index (χ1v) is 9.71. The molecule has 1 N–H and O–H groups in total. The quantitative estimate of drug-likeness (QED) is 0.860. The molecule has 0 aromatic heterocycles. The van der Waals surface area contributed by atoms with Gasteiger partial charge in [0, 0.05) is 16.0 Å². The molecule has 0 bridgehead atoms. The predicted octanol–water partition coefficient (Wildman–Crippen LogP) is 4.54. The van der Waals surface area contributed by atoms with Gasteiger partial charge in [0.15, 0.2) is 0 Å². The minimum absolute atomic E-state index is 0.220. The van der Waals surface area contributed by atoms with E-state index in [1.54, 1.807) is 0 Å². The standard InChI is InChI=1S/C17H26ClNOS/c1-2-13-19-16-7-5-3-4-6-8-17(16)21(20)15-11-9-14(18)10-12-15/h9-12,16-17,19H,2-8,13H2,1H3. The summed E-state index contributed by atoms with van der Waals surface area (Å²) in [6.45, 7) is 3.19. The fourth-order valence-corrected chi connectivity index (χ4v) is 4.80. The van der Waals surface area contributed by atoms with E-state index in [0.29, 0.717) is 11.1 Å². The molecule has 21 heavy (non-hydrogen) atoms. The molecule has 0 spiro atoms. The van der Waals surface area contributed by atoms with Crippen molar-refractivity contribution >= 4 is 22.4 Å². The molecule has 118 valence electrons. The van der Waals surface area contributed by atoms with Crippen LogP contribution in [0.5, 0.6) is 0 Å². The van der Waals surface area contributed by atoms with Gasteiger partial charge in [-0.3, -0.25) is 4.21 Å². The predicted molar refractivity (Wildman–Crippen MR) is 91.4 cm³/mol. The number of hydrogen-bond donors (Lipinski definition) is 1. The third-order valence-electron chi connectivity index (χ3n) is 4.18. The average molecular weight is 328 g/mol. The average Bonchev–Trinajstić information content (AvgIpc) is 2.47. The molecule has 1 fully saturated rings. The summed E-state index contributed by atoms with van der Waals surface area (Å²) >= 11 is 5.94. The Labute approximate surface area is 136 Å². The van der Waals surface area contributed by atoms with Gasteiger partial charge in [0.2, 0.25) is 0 Å². The van der Waals surface area contributed by atoms with Gasteiger partial charge < -0.3 is 5.32 Å². The fraction of sp³-hybridized carbons (Fsp3) is 0.647. The summed E-state index contributed by atoms with van der Waals surface area (Å²) in [6, 6.07) is 7.88. The first-order chi connectivity index (χ1) is 10.2. The molecular weight excluding hydrogens is 302 g/mol. The minimum Gasteiger partial charge on any atom is -0.313 e. The third-order valence-corrected chi connectivity index (χ3v) is 6.28. The Morgan fingerprint density at radius 3 is 2.48 bits per heavy atom. The maximum Gasteiger partial charge on any atom is 0.0576 e. The summed E-state index contributed by atoms with van der Waals surface area (Å²) in [5.74, 6) is 0. The van der Waals surface area contributed by atoms with Crippen molar-refractivity contribution in [2.75, 3.05) is 6.54 Å². The second-order valence-electron chi connectivity index (χ2n) is 5.84. The lowest BCUT2D eigenvalue weighted by molar-refractivity contribution is 0.395. The van der Waals surface area contributed by atoms with Gasteiger partial charge in [-0.1, -0.05) is 44.2 Å². The molecule has 1 aliphatic carbocycles. The van der Waals surface area contributed by atoms with E-state index in [1.807, 2.05) is 24.3 Å². The number of hydrogen-bond acceptors (Lipinski definition) is 2. The summed E-state index contributed by atoms with van der Waals surface area (Å²) in [5.41, 5.74) is 0. The number of rotatable bonds is 5. The van der Waals surface area contributed by atoms with Gasteiger partial charge in [-0.2, -0.15) is 0 Å². The highest BCUT2D eigenvalue weighted by atomic mass is 35.5. The van der Waals surface area contributed by atoms with Crippen LogP contribution in [-0.2, 0) is 10.8 Å². The minimum atomic E-state index is -0.952. The number of benzene rings is 1. The molecule has 4 heteroatoms. The topological polar surface area (TPSA) is 29.1 Å². The molecule has 2 nitrogen and oxygen atoms in total. The molecule has 1 aromatic carbocycles. The van der Waals surface area contributed by atoms with E-state index in [1.165, 1.54) is 25.7 Å². The molecular formula is C17H26ClNOS. The molecule has 3 atom stereocenters. The van der Waals surface area contributed by atoms with Gasteiger partial charge in [0.25, 0.3) is 0 Å². The SMILES string of the molecule is CCCNC1CCCCCCC1S(=O)c1ccc(Cl)cc1. The lowest BCUT2D eigenvalue weighted by Crippen LogP contribution is -2.43. The highest BCUT2D eigenvalue weighted by Gasteiger charge is 2.28. The molecule has 0 aliphatic heterocycles. The zero-order valence-corrected chi connectivity index (χ0v) is 14.4. The summed E-state index contributed by atoms with van der Waals surface area (Å²) in [6.07, 6.45) is 8.33. The molecule has 2 rings (SSSR count). The lowest BCUT2D eigenvalue weighted by Gasteiger charge is -2.29.